The maximum Gasteiger partial charge on any atom is 0.122 e. The first kappa shape index (κ1) is 14.9. The van der Waals surface area contributed by atoms with Gasteiger partial charge in [-0.2, -0.15) is 0 Å². The van der Waals surface area contributed by atoms with Crippen LogP contribution in [0.15, 0.2) is 29.6 Å². The normalized spacial score (nSPS) is 14.8. The van der Waals surface area contributed by atoms with E-state index in [4.69, 9.17) is 16.3 Å². The SMILES string of the molecule is CCNC(CCc1ccc2c(c1)CCO2)c1sccc1Cl. The molecule has 1 aliphatic heterocycles. The van der Waals surface area contributed by atoms with Crippen LogP contribution in [0.3, 0.4) is 0 Å². The summed E-state index contributed by atoms with van der Waals surface area (Å²) in [6.07, 6.45) is 3.16. The fourth-order valence-electron chi connectivity index (χ4n) is 2.83. The fourth-order valence-corrected chi connectivity index (χ4v) is 4.13. The van der Waals surface area contributed by atoms with Crippen molar-refractivity contribution in [3.8, 4) is 5.75 Å². The summed E-state index contributed by atoms with van der Waals surface area (Å²) in [4.78, 5) is 1.25. The summed E-state index contributed by atoms with van der Waals surface area (Å²) in [6, 6.07) is 8.91. The number of hydrogen-bond acceptors (Lipinski definition) is 3. The minimum Gasteiger partial charge on any atom is -0.493 e. The minimum atomic E-state index is 0.340. The van der Waals surface area contributed by atoms with Crippen molar-refractivity contribution in [3.63, 3.8) is 0 Å². The first-order chi connectivity index (χ1) is 10.3. The van der Waals surface area contributed by atoms with E-state index in [2.05, 4.69) is 35.8 Å². The Morgan fingerprint density at radius 3 is 3.05 bits per heavy atom. The maximum absolute atomic E-state index is 6.28. The lowest BCUT2D eigenvalue weighted by atomic mass is 10.0. The molecule has 3 rings (SSSR count). The molecular formula is C17H20ClNOS. The molecule has 0 bridgehead atoms. The van der Waals surface area contributed by atoms with Gasteiger partial charge in [0.1, 0.15) is 5.75 Å². The molecule has 1 N–H and O–H groups in total. The molecule has 21 heavy (non-hydrogen) atoms. The van der Waals surface area contributed by atoms with Crippen molar-refractivity contribution in [2.24, 2.45) is 0 Å². The highest BCUT2D eigenvalue weighted by atomic mass is 35.5. The van der Waals surface area contributed by atoms with Gasteiger partial charge in [0, 0.05) is 17.3 Å². The molecule has 0 aliphatic carbocycles. The molecule has 0 radical (unpaired) electrons. The largest absolute Gasteiger partial charge is 0.493 e. The van der Waals surface area contributed by atoms with Gasteiger partial charge < -0.3 is 10.1 Å². The van der Waals surface area contributed by atoms with Crippen LogP contribution in [-0.2, 0) is 12.8 Å². The van der Waals surface area contributed by atoms with Gasteiger partial charge in [-0.05, 0) is 48.0 Å². The molecule has 0 saturated carbocycles. The maximum atomic E-state index is 6.28. The van der Waals surface area contributed by atoms with Crippen molar-refractivity contribution in [2.75, 3.05) is 13.2 Å². The van der Waals surface area contributed by atoms with Crippen LogP contribution in [-0.4, -0.2) is 13.2 Å². The zero-order chi connectivity index (χ0) is 14.7. The van der Waals surface area contributed by atoms with E-state index in [1.165, 1.54) is 16.0 Å². The number of nitrogens with one attached hydrogen (secondary N) is 1. The third-order valence-electron chi connectivity index (χ3n) is 3.89. The van der Waals surface area contributed by atoms with Gasteiger partial charge in [-0.1, -0.05) is 30.7 Å². The molecule has 112 valence electrons. The first-order valence-electron chi connectivity index (χ1n) is 7.49. The lowest BCUT2D eigenvalue weighted by Gasteiger charge is -2.17. The second-order valence-electron chi connectivity index (χ2n) is 5.32. The zero-order valence-electron chi connectivity index (χ0n) is 12.2. The average molecular weight is 322 g/mol. The molecule has 1 unspecified atom stereocenters. The number of ether oxygens (including phenoxy) is 1. The van der Waals surface area contributed by atoms with E-state index in [0.717, 1.165) is 43.2 Å². The van der Waals surface area contributed by atoms with Crippen molar-refractivity contribution < 1.29 is 4.74 Å². The molecule has 4 heteroatoms. The molecule has 0 amide bonds. The van der Waals surface area contributed by atoms with Gasteiger partial charge in [0.15, 0.2) is 0 Å². The van der Waals surface area contributed by atoms with Crippen LogP contribution in [0.1, 0.15) is 35.4 Å². The minimum absolute atomic E-state index is 0.340. The molecule has 0 fully saturated rings. The fraction of sp³-hybridized carbons (Fsp3) is 0.412. The standard InChI is InChI=1S/C17H20ClNOS/c1-2-19-15(17-14(18)8-10-21-17)5-3-12-4-6-16-13(11-12)7-9-20-16/h4,6,8,10-11,15,19H,2-3,5,7,9H2,1H3. The van der Waals surface area contributed by atoms with E-state index in [1.54, 1.807) is 11.3 Å². The van der Waals surface area contributed by atoms with Crippen LogP contribution in [0.5, 0.6) is 5.75 Å². The first-order valence-corrected chi connectivity index (χ1v) is 8.74. The van der Waals surface area contributed by atoms with Crippen molar-refractivity contribution in [1.82, 2.24) is 5.32 Å². The summed E-state index contributed by atoms with van der Waals surface area (Å²) < 4.78 is 5.56. The summed E-state index contributed by atoms with van der Waals surface area (Å²) in [5.41, 5.74) is 2.73. The lowest BCUT2D eigenvalue weighted by molar-refractivity contribution is 0.357. The molecule has 1 atom stereocenters. The second-order valence-corrected chi connectivity index (χ2v) is 6.68. The van der Waals surface area contributed by atoms with Crippen LogP contribution in [0, 0.1) is 0 Å². The third kappa shape index (κ3) is 3.42. The van der Waals surface area contributed by atoms with E-state index < -0.39 is 0 Å². The van der Waals surface area contributed by atoms with E-state index in [-0.39, 0.29) is 0 Å². The number of aryl methyl sites for hydroxylation is 1. The highest BCUT2D eigenvalue weighted by Gasteiger charge is 2.16. The number of rotatable bonds is 6. The van der Waals surface area contributed by atoms with Gasteiger partial charge in [-0.25, -0.2) is 0 Å². The van der Waals surface area contributed by atoms with E-state index in [0.29, 0.717) is 6.04 Å². The highest BCUT2D eigenvalue weighted by molar-refractivity contribution is 7.10. The smallest absolute Gasteiger partial charge is 0.122 e. The zero-order valence-corrected chi connectivity index (χ0v) is 13.8. The molecule has 2 nitrogen and oxygen atoms in total. The van der Waals surface area contributed by atoms with E-state index in [1.807, 2.05) is 6.07 Å². The van der Waals surface area contributed by atoms with Gasteiger partial charge in [0.2, 0.25) is 0 Å². The Hall–Kier alpha value is -1.03. The molecule has 2 heterocycles. The Labute approximate surface area is 135 Å². The number of benzene rings is 1. The van der Waals surface area contributed by atoms with E-state index >= 15 is 0 Å². The van der Waals surface area contributed by atoms with Crippen LogP contribution < -0.4 is 10.1 Å². The lowest BCUT2D eigenvalue weighted by Crippen LogP contribution is -2.20. The monoisotopic (exact) mass is 321 g/mol. The highest BCUT2D eigenvalue weighted by Crippen LogP contribution is 2.32. The topological polar surface area (TPSA) is 21.3 Å². The number of halogens is 1. The Bertz CT molecular complexity index is 611. The molecule has 2 aromatic rings. The van der Waals surface area contributed by atoms with E-state index in [9.17, 15) is 0 Å². The molecule has 0 spiro atoms. The van der Waals surface area contributed by atoms with Crippen LogP contribution in [0.2, 0.25) is 5.02 Å². The Balaban J connectivity index is 1.68. The predicted molar refractivity (Wildman–Crippen MR) is 89.7 cm³/mol. The Morgan fingerprint density at radius 2 is 2.29 bits per heavy atom. The number of thiophene rings is 1. The molecule has 0 saturated heterocycles. The molecule has 1 aliphatic rings. The van der Waals surface area contributed by atoms with Crippen molar-refractivity contribution in [2.45, 2.75) is 32.2 Å². The van der Waals surface area contributed by atoms with Crippen molar-refractivity contribution in [1.29, 1.82) is 0 Å². The second kappa shape index (κ2) is 6.82. The Morgan fingerprint density at radius 1 is 1.38 bits per heavy atom. The van der Waals surface area contributed by atoms with Crippen LogP contribution in [0.25, 0.3) is 0 Å². The summed E-state index contributed by atoms with van der Waals surface area (Å²) in [5, 5.41) is 6.50. The molecular weight excluding hydrogens is 302 g/mol. The van der Waals surface area contributed by atoms with Gasteiger partial charge in [-0.15, -0.1) is 11.3 Å². The molecule has 1 aromatic carbocycles. The Kier molecular flexibility index (Phi) is 4.84. The van der Waals surface area contributed by atoms with Gasteiger partial charge >= 0.3 is 0 Å². The van der Waals surface area contributed by atoms with Crippen LogP contribution in [0.4, 0.5) is 0 Å². The average Bonchev–Trinajstić information content (AvgIpc) is 3.11. The number of hydrogen-bond donors (Lipinski definition) is 1. The van der Waals surface area contributed by atoms with Gasteiger partial charge in [0.25, 0.3) is 0 Å². The quantitative estimate of drug-likeness (QED) is 0.838. The summed E-state index contributed by atoms with van der Waals surface area (Å²) in [5.74, 6) is 1.06. The molecule has 1 aromatic heterocycles. The van der Waals surface area contributed by atoms with Crippen LogP contribution >= 0.6 is 22.9 Å². The number of fused-ring (bicyclic) bond motifs is 1. The third-order valence-corrected chi connectivity index (χ3v) is 5.36. The predicted octanol–water partition coefficient (Wildman–Crippen LogP) is 4.62. The summed E-state index contributed by atoms with van der Waals surface area (Å²) >= 11 is 8.02. The van der Waals surface area contributed by atoms with Crippen molar-refractivity contribution in [3.05, 3.63) is 50.7 Å². The van der Waals surface area contributed by atoms with Gasteiger partial charge in [-0.3, -0.25) is 0 Å². The van der Waals surface area contributed by atoms with Gasteiger partial charge in [0.05, 0.1) is 11.6 Å². The summed E-state index contributed by atoms with van der Waals surface area (Å²) in [6.45, 7) is 3.92. The van der Waals surface area contributed by atoms with Crippen molar-refractivity contribution >= 4 is 22.9 Å². The summed E-state index contributed by atoms with van der Waals surface area (Å²) in [7, 11) is 0.